The second-order valence-electron chi connectivity index (χ2n) is 4.60. The summed E-state index contributed by atoms with van der Waals surface area (Å²) in [5.74, 6) is -0.596. The summed E-state index contributed by atoms with van der Waals surface area (Å²) in [5, 5.41) is 2.47. The van der Waals surface area contributed by atoms with E-state index in [1.165, 1.54) is 24.3 Å². The van der Waals surface area contributed by atoms with Crippen LogP contribution in [0.25, 0.3) is 0 Å². The highest BCUT2D eigenvalue weighted by Gasteiger charge is 2.23. The average Bonchev–Trinajstić information content (AvgIpc) is 2.95. The number of aromatic nitrogens is 1. The van der Waals surface area contributed by atoms with Gasteiger partial charge in [0.15, 0.2) is 0 Å². The smallest absolute Gasteiger partial charge is 0.241 e. The number of nitrogens with one attached hydrogen (secondary N) is 1. The van der Waals surface area contributed by atoms with Gasteiger partial charge in [0.05, 0.1) is 16.6 Å². The van der Waals surface area contributed by atoms with E-state index in [9.17, 15) is 12.8 Å². The van der Waals surface area contributed by atoms with E-state index in [1.54, 1.807) is 11.6 Å². The molecule has 0 fully saturated rings. The van der Waals surface area contributed by atoms with Crippen molar-refractivity contribution in [2.24, 2.45) is 0 Å². The first-order chi connectivity index (χ1) is 9.85. The summed E-state index contributed by atoms with van der Waals surface area (Å²) >= 11 is 1.38. The number of anilines is 1. The molecule has 2 rings (SSSR count). The summed E-state index contributed by atoms with van der Waals surface area (Å²) in [4.78, 5) is 4.07. The van der Waals surface area contributed by atoms with Gasteiger partial charge in [-0.05, 0) is 31.0 Å². The summed E-state index contributed by atoms with van der Waals surface area (Å²) in [5.41, 5.74) is 5.51. The Bertz CT molecular complexity index is 707. The lowest BCUT2D eigenvalue weighted by molar-refractivity contribution is 0.548. The number of sulfonamides is 1. The topological polar surface area (TPSA) is 85.1 Å². The summed E-state index contributed by atoms with van der Waals surface area (Å²) in [7, 11) is -3.79. The Morgan fingerprint density at radius 3 is 2.71 bits per heavy atom. The zero-order valence-electron chi connectivity index (χ0n) is 11.6. The van der Waals surface area contributed by atoms with Crippen LogP contribution in [0.4, 0.5) is 10.1 Å². The number of benzene rings is 1. The SMILES string of the molecule is CCC(NS(=O)(=O)c1cc(C)c(F)c(N)c1)c1nccs1. The minimum atomic E-state index is -3.79. The molecule has 0 spiro atoms. The number of nitrogens with two attached hydrogens (primary N) is 1. The van der Waals surface area contributed by atoms with Crippen molar-refractivity contribution in [3.8, 4) is 0 Å². The minimum Gasteiger partial charge on any atom is -0.396 e. The molecule has 0 aliphatic rings. The maximum absolute atomic E-state index is 13.5. The van der Waals surface area contributed by atoms with Crippen LogP contribution in [0.5, 0.6) is 0 Å². The zero-order chi connectivity index (χ0) is 15.6. The first-order valence-corrected chi connectivity index (χ1v) is 8.68. The van der Waals surface area contributed by atoms with Crippen LogP contribution in [0.1, 0.15) is 30.0 Å². The summed E-state index contributed by atoms with van der Waals surface area (Å²) in [6.45, 7) is 3.34. The van der Waals surface area contributed by atoms with Gasteiger partial charge in [-0.25, -0.2) is 22.5 Å². The van der Waals surface area contributed by atoms with Crippen molar-refractivity contribution in [2.75, 3.05) is 5.73 Å². The van der Waals surface area contributed by atoms with Gasteiger partial charge < -0.3 is 5.73 Å². The molecule has 2 aromatic rings. The van der Waals surface area contributed by atoms with E-state index in [-0.39, 0.29) is 16.1 Å². The predicted octanol–water partition coefficient (Wildman–Crippen LogP) is 2.60. The number of hydrogen-bond acceptors (Lipinski definition) is 5. The molecule has 1 unspecified atom stereocenters. The van der Waals surface area contributed by atoms with E-state index in [0.29, 0.717) is 11.4 Å². The molecule has 0 aliphatic carbocycles. The van der Waals surface area contributed by atoms with E-state index in [0.717, 1.165) is 6.07 Å². The Kier molecular flexibility index (Phi) is 4.60. The number of rotatable bonds is 5. The monoisotopic (exact) mass is 329 g/mol. The predicted molar refractivity (Wildman–Crippen MR) is 81.0 cm³/mol. The second-order valence-corrected chi connectivity index (χ2v) is 7.24. The number of hydrogen-bond donors (Lipinski definition) is 2. The largest absolute Gasteiger partial charge is 0.396 e. The molecule has 1 aromatic heterocycles. The Morgan fingerprint density at radius 1 is 1.48 bits per heavy atom. The molecule has 0 aliphatic heterocycles. The molecule has 1 atom stereocenters. The Labute approximate surface area is 127 Å². The lowest BCUT2D eigenvalue weighted by Crippen LogP contribution is -2.28. The molecule has 114 valence electrons. The number of thiazole rings is 1. The fourth-order valence-corrected chi connectivity index (χ4v) is 4.14. The first-order valence-electron chi connectivity index (χ1n) is 6.32. The molecular formula is C13H16FN3O2S2. The number of halogens is 1. The fourth-order valence-electron chi connectivity index (χ4n) is 1.89. The molecule has 3 N–H and O–H groups in total. The molecule has 0 radical (unpaired) electrons. The molecule has 1 aromatic carbocycles. The third kappa shape index (κ3) is 3.39. The van der Waals surface area contributed by atoms with Crippen LogP contribution in [0.2, 0.25) is 0 Å². The molecule has 0 bridgehead atoms. The highest BCUT2D eigenvalue weighted by molar-refractivity contribution is 7.89. The van der Waals surface area contributed by atoms with Gasteiger partial charge in [-0.1, -0.05) is 6.92 Å². The van der Waals surface area contributed by atoms with Gasteiger partial charge in [0.2, 0.25) is 10.0 Å². The first kappa shape index (κ1) is 15.9. The van der Waals surface area contributed by atoms with Gasteiger partial charge in [0.1, 0.15) is 10.8 Å². The molecule has 1 heterocycles. The Balaban J connectivity index is 2.34. The van der Waals surface area contributed by atoms with Crippen molar-refractivity contribution in [2.45, 2.75) is 31.2 Å². The highest BCUT2D eigenvalue weighted by atomic mass is 32.2. The molecule has 5 nitrogen and oxygen atoms in total. The van der Waals surface area contributed by atoms with E-state index in [1.807, 2.05) is 6.92 Å². The summed E-state index contributed by atoms with van der Waals surface area (Å²) < 4.78 is 40.9. The van der Waals surface area contributed by atoms with E-state index in [4.69, 9.17) is 5.73 Å². The molecule has 0 saturated heterocycles. The number of nitrogen functional groups attached to an aromatic ring is 1. The highest BCUT2D eigenvalue weighted by Crippen LogP contribution is 2.24. The van der Waals surface area contributed by atoms with Crippen molar-refractivity contribution in [1.29, 1.82) is 0 Å². The van der Waals surface area contributed by atoms with Gasteiger partial charge in [0.25, 0.3) is 0 Å². The van der Waals surface area contributed by atoms with E-state index < -0.39 is 21.9 Å². The molecule has 21 heavy (non-hydrogen) atoms. The number of nitrogens with zero attached hydrogens (tertiary/aromatic N) is 1. The van der Waals surface area contributed by atoms with Gasteiger partial charge in [-0.15, -0.1) is 11.3 Å². The molecule has 0 amide bonds. The van der Waals surface area contributed by atoms with Crippen molar-refractivity contribution < 1.29 is 12.8 Å². The maximum Gasteiger partial charge on any atom is 0.241 e. The lowest BCUT2D eigenvalue weighted by Gasteiger charge is -2.15. The standard InChI is InChI=1S/C13H16FN3O2S2/c1-3-11(13-16-4-5-20-13)17-21(18,19)9-6-8(2)12(14)10(15)7-9/h4-7,11,17H,3,15H2,1-2H3. The summed E-state index contributed by atoms with van der Waals surface area (Å²) in [6, 6.07) is 1.98. The third-order valence-corrected chi connectivity index (χ3v) is 5.36. The molecular weight excluding hydrogens is 313 g/mol. The minimum absolute atomic E-state index is 0.0473. The normalized spacial score (nSPS) is 13.3. The number of aryl methyl sites for hydroxylation is 1. The zero-order valence-corrected chi connectivity index (χ0v) is 13.3. The Hall–Kier alpha value is -1.51. The van der Waals surface area contributed by atoms with Crippen LogP contribution in [0.15, 0.2) is 28.6 Å². The second kappa shape index (κ2) is 6.08. The van der Waals surface area contributed by atoms with Crippen LogP contribution in [0, 0.1) is 12.7 Å². The van der Waals surface area contributed by atoms with E-state index in [2.05, 4.69) is 9.71 Å². The Morgan fingerprint density at radius 2 is 2.19 bits per heavy atom. The van der Waals surface area contributed by atoms with Crippen molar-refractivity contribution in [3.63, 3.8) is 0 Å². The van der Waals surface area contributed by atoms with Gasteiger partial charge in [0, 0.05) is 11.6 Å². The molecule has 8 heteroatoms. The van der Waals surface area contributed by atoms with Crippen molar-refractivity contribution in [3.05, 3.63) is 40.1 Å². The fraction of sp³-hybridized carbons (Fsp3) is 0.308. The van der Waals surface area contributed by atoms with Gasteiger partial charge >= 0.3 is 0 Å². The van der Waals surface area contributed by atoms with Crippen LogP contribution < -0.4 is 10.5 Å². The van der Waals surface area contributed by atoms with E-state index >= 15 is 0 Å². The average molecular weight is 329 g/mol. The van der Waals surface area contributed by atoms with Crippen LogP contribution in [-0.2, 0) is 10.0 Å². The van der Waals surface area contributed by atoms with Crippen LogP contribution >= 0.6 is 11.3 Å². The molecule has 0 saturated carbocycles. The van der Waals surface area contributed by atoms with Crippen molar-refractivity contribution >= 4 is 27.0 Å². The van der Waals surface area contributed by atoms with Crippen molar-refractivity contribution in [1.82, 2.24) is 9.71 Å². The quantitative estimate of drug-likeness (QED) is 0.826. The van der Waals surface area contributed by atoms with Gasteiger partial charge in [-0.3, -0.25) is 0 Å². The maximum atomic E-state index is 13.5. The summed E-state index contributed by atoms with van der Waals surface area (Å²) in [6.07, 6.45) is 2.18. The lowest BCUT2D eigenvalue weighted by atomic mass is 10.2. The van der Waals surface area contributed by atoms with Crippen LogP contribution in [0.3, 0.4) is 0 Å². The third-order valence-electron chi connectivity index (χ3n) is 3.02. The van der Waals surface area contributed by atoms with Crippen LogP contribution in [-0.4, -0.2) is 13.4 Å². The van der Waals surface area contributed by atoms with Gasteiger partial charge in [-0.2, -0.15) is 0 Å².